The summed E-state index contributed by atoms with van der Waals surface area (Å²) in [5.41, 5.74) is 0.539. The molecule has 7 rings (SSSR count). The molecule has 4 aliphatic rings. The molecule has 4 aliphatic heterocycles. The van der Waals surface area contributed by atoms with Crippen molar-refractivity contribution < 1.29 is 64.6 Å². The predicted molar refractivity (Wildman–Crippen MR) is 233 cm³/mol. The van der Waals surface area contributed by atoms with E-state index in [-0.39, 0.29) is 80.1 Å². The molecule has 0 bridgehead atoms. The molecule has 4 saturated heterocycles. The van der Waals surface area contributed by atoms with Crippen LogP contribution in [0.3, 0.4) is 0 Å². The first-order valence-electron chi connectivity index (χ1n) is 22.2. The second kappa shape index (κ2) is 20.1. The van der Waals surface area contributed by atoms with Gasteiger partial charge in [-0.1, -0.05) is 81.3 Å². The van der Waals surface area contributed by atoms with Gasteiger partial charge in [-0.2, -0.15) is 26.3 Å². The van der Waals surface area contributed by atoms with E-state index in [1.807, 2.05) is 44.2 Å². The molecule has 3 aromatic rings. The molecule has 0 aromatic heterocycles. The van der Waals surface area contributed by atoms with Crippen molar-refractivity contribution in [3.05, 3.63) is 106 Å². The Morgan fingerprint density at radius 2 is 1.07 bits per heavy atom. The van der Waals surface area contributed by atoms with E-state index in [4.69, 9.17) is 9.47 Å². The Kier molecular flexibility index (Phi) is 15.1. The number of alkyl halides is 6. The molecule has 20 heteroatoms. The van der Waals surface area contributed by atoms with Gasteiger partial charge in [0.1, 0.15) is 37.6 Å². The first kappa shape index (κ1) is 51.1. The number of carbonyl (C=O) groups excluding carboxylic acids is 6. The first-order valence-corrected chi connectivity index (χ1v) is 22.2. The standard InChI is InChI=1S/C28H32F3N3O4.C20H24F3N3O4/c1-17(2)24-26(36)32(14-20-8-6-5-7-9-20)15-23-33(13-19(4)25(35)34(23)24)27(37)38-16-21-10-18(3)11-22(12-21)28(29,30)31;1-11-5-14(7-15(6-11)20(21,22)23)10-30-19(29)25-8-12(2)17(27)26-13(3)18(28)24(4)9-16(25)26/h5-12,17,19,23-24H,13-16H2,1-4H3;5-7,12-13,16H,8-10H2,1-4H3/t19-,23+,24-;12-,13-,16+/m00/s1. The lowest BCUT2D eigenvalue weighted by Gasteiger charge is -2.54. The van der Waals surface area contributed by atoms with Gasteiger partial charge in [0.15, 0.2) is 0 Å². The number of hydrogen-bond donors (Lipinski definition) is 0. The fraction of sp³-hybridized carbons (Fsp3) is 0.500. The van der Waals surface area contributed by atoms with E-state index in [9.17, 15) is 55.1 Å². The minimum Gasteiger partial charge on any atom is -0.444 e. The highest BCUT2D eigenvalue weighted by Gasteiger charge is 2.52. The summed E-state index contributed by atoms with van der Waals surface area (Å²) in [5, 5.41) is 0. The maximum absolute atomic E-state index is 13.5. The molecular formula is C48H56F6N6O8. The van der Waals surface area contributed by atoms with Gasteiger partial charge < -0.3 is 29.1 Å². The lowest BCUT2D eigenvalue weighted by molar-refractivity contribution is -0.175. The fourth-order valence-electron chi connectivity index (χ4n) is 9.22. The Morgan fingerprint density at radius 1 is 0.618 bits per heavy atom. The molecule has 0 saturated carbocycles. The smallest absolute Gasteiger partial charge is 0.416 e. The van der Waals surface area contributed by atoms with Gasteiger partial charge >= 0.3 is 24.5 Å². The number of fused-ring (bicyclic) bond motifs is 2. The summed E-state index contributed by atoms with van der Waals surface area (Å²) in [7, 11) is 1.59. The normalized spacial score (nSPS) is 23.3. The van der Waals surface area contributed by atoms with E-state index >= 15 is 0 Å². The van der Waals surface area contributed by atoms with Crippen LogP contribution in [0.15, 0.2) is 66.7 Å². The van der Waals surface area contributed by atoms with Gasteiger partial charge in [-0.3, -0.25) is 29.0 Å². The molecule has 0 aliphatic carbocycles. The van der Waals surface area contributed by atoms with Crippen molar-refractivity contribution in [1.29, 1.82) is 0 Å². The minimum atomic E-state index is -4.52. The summed E-state index contributed by atoms with van der Waals surface area (Å²) < 4.78 is 89.6. The zero-order valence-corrected chi connectivity index (χ0v) is 39.1. The SMILES string of the molecule is Cc1cc(COC(=O)N2C[C@H](C)C(=O)N3[C@@H](C(C)C)C(=O)N(Cc4ccccc4)C[C@H]23)cc(C(F)(F)F)c1.Cc1cc(COC(=O)N2C[C@H](C)C(=O)N3[C@@H]2CN(C)C(=O)[C@@H]3C)cc(C(F)(F)F)c1. The number of rotatable bonds is 7. The van der Waals surface area contributed by atoms with Crippen molar-refractivity contribution in [3.8, 4) is 0 Å². The van der Waals surface area contributed by atoms with Crippen molar-refractivity contribution in [2.24, 2.45) is 17.8 Å². The van der Waals surface area contributed by atoms with Crippen LogP contribution < -0.4 is 0 Å². The topological polar surface area (TPSA) is 140 Å². The molecule has 0 N–H and O–H groups in total. The number of benzene rings is 3. The van der Waals surface area contributed by atoms with E-state index in [0.717, 1.165) is 29.8 Å². The third-order valence-corrected chi connectivity index (χ3v) is 12.5. The fourth-order valence-corrected chi connectivity index (χ4v) is 9.22. The lowest BCUT2D eigenvalue weighted by atomic mass is 9.92. The molecule has 6 amide bonds. The van der Waals surface area contributed by atoms with Crippen LogP contribution in [0.1, 0.15) is 73.6 Å². The first-order chi connectivity index (χ1) is 31.8. The van der Waals surface area contributed by atoms with Crippen LogP contribution in [-0.2, 0) is 60.8 Å². The van der Waals surface area contributed by atoms with E-state index in [0.29, 0.717) is 17.7 Å². The van der Waals surface area contributed by atoms with Crippen LogP contribution in [0.25, 0.3) is 0 Å². The Morgan fingerprint density at radius 3 is 1.53 bits per heavy atom. The number of piperazine rings is 2. The lowest BCUT2D eigenvalue weighted by Crippen LogP contribution is -2.73. The van der Waals surface area contributed by atoms with E-state index in [1.165, 1.54) is 43.6 Å². The third-order valence-electron chi connectivity index (χ3n) is 12.5. The number of hydrogen-bond acceptors (Lipinski definition) is 8. The maximum atomic E-state index is 13.5. The average molecular weight is 959 g/mol. The quantitative estimate of drug-likeness (QED) is 0.223. The third kappa shape index (κ3) is 11.2. The summed E-state index contributed by atoms with van der Waals surface area (Å²) in [6, 6.07) is 15.0. The number of ether oxygens (including phenoxy) is 2. The molecular weight excluding hydrogens is 903 g/mol. The van der Waals surface area contributed by atoms with Crippen molar-refractivity contribution in [3.63, 3.8) is 0 Å². The Bertz CT molecular complexity index is 2400. The molecule has 14 nitrogen and oxygen atoms in total. The van der Waals surface area contributed by atoms with Crippen LogP contribution in [-0.4, -0.2) is 123 Å². The summed E-state index contributed by atoms with van der Waals surface area (Å²) >= 11 is 0. The molecule has 3 aromatic carbocycles. The highest BCUT2D eigenvalue weighted by atomic mass is 19.4. The number of aryl methyl sites for hydroxylation is 2. The Labute approximate surface area is 390 Å². The summed E-state index contributed by atoms with van der Waals surface area (Å²) in [6.07, 6.45) is -11.9. The van der Waals surface area contributed by atoms with Gasteiger partial charge in [-0.25, -0.2) is 9.59 Å². The largest absolute Gasteiger partial charge is 0.444 e. The van der Waals surface area contributed by atoms with Crippen molar-refractivity contribution in [1.82, 2.24) is 29.4 Å². The second-order valence-electron chi connectivity index (χ2n) is 18.4. The van der Waals surface area contributed by atoms with Crippen LogP contribution in [0.4, 0.5) is 35.9 Å². The number of likely N-dealkylation sites (N-methyl/N-ethyl adjacent to an activating group) is 1. The summed E-state index contributed by atoms with van der Waals surface area (Å²) in [4.78, 5) is 86.5. The van der Waals surface area contributed by atoms with Crippen LogP contribution >= 0.6 is 0 Å². The molecule has 4 heterocycles. The molecule has 68 heavy (non-hydrogen) atoms. The molecule has 0 spiro atoms. The average Bonchev–Trinajstić information content (AvgIpc) is 3.26. The summed E-state index contributed by atoms with van der Waals surface area (Å²) in [5.74, 6) is -2.13. The van der Waals surface area contributed by atoms with Gasteiger partial charge in [0.2, 0.25) is 23.6 Å². The Balaban J connectivity index is 0.000000230. The van der Waals surface area contributed by atoms with Crippen LogP contribution in [0, 0.1) is 31.6 Å². The highest BCUT2D eigenvalue weighted by Crippen LogP contribution is 2.35. The van der Waals surface area contributed by atoms with E-state index in [1.54, 1.807) is 39.6 Å². The number of nitrogens with zero attached hydrogens (tertiary/aromatic N) is 6. The van der Waals surface area contributed by atoms with Gasteiger partial charge in [0.25, 0.3) is 0 Å². The molecule has 0 unspecified atom stereocenters. The molecule has 368 valence electrons. The van der Waals surface area contributed by atoms with Crippen molar-refractivity contribution in [2.75, 3.05) is 33.2 Å². The second-order valence-corrected chi connectivity index (χ2v) is 18.4. The minimum absolute atomic E-state index is 0.0820. The van der Waals surface area contributed by atoms with Crippen LogP contribution in [0.2, 0.25) is 0 Å². The zero-order valence-electron chi connectivity index (χ0n) is 39.1. The maximum Gasteiger partial charge on any atom is 0.416 e. The van der Waals surface area contributed by atoms with Crippen molar-refractivity contribution in [2.45, 2.75) is 105 Å². The predicted octanol–water partition coefficient (Wildman–Crippen LogP) is 7.44. The van der Waals surface area contributed by atoms with Gasteiger partial charge in [0, 0.05) is 26.7 Å². The monoisotopic (exact) mass is 958 g/mol. The molecule has 4 fully saturated rings. The van der Waals surface area contributed by atoms with E-state index in [2.05, 4.69) is 0 Å². The van der Waals surface area contributed by atoms with E-state index < -0.39 is 71.9 Å². The number of carbonyl (C=O) groups is 6. The van der Waals surface area contributed by atoms with Gasteiger partial charge in [-0.05, 0) is 67.6 Å². The summed E-state index contributed by atoms with van der Waals surface area (Å²) in [6.45, 7) is 11.8. The highest BCUT2D eigenvalue weighted by molar-refractivity contribution is 5.92. The number of halogens is 6. The Hall–Kier alpha value is -6.34. The number of amides is 6. The molecule has 0 radical (unpaired) electrons. The van der Waals surface area contributed by atoms with Gasteiger partial charge in [-0.15, -0.1) is 0 Å². The zero-order chi connectivity index (χ0) is 50.2. The van der Waals surface area contributed by atoms with Crippen molar-refractivity contribution >= 4 is 35.8 Å². The van der Waals surface area contributed by atoms with Gasteiger partial charge in [0.05, 0.1) is 36.1 Å². The van der Waals surface area contributed by atoms with Crippen LogP contribution in [0.5, 0.6) is 0 Å². The molecule has 6 atom stereocenters.